The molecule has 2 aromatic carbocycles. The summed E-state index contributed by atoms with van der Waals surface area (Å²) in [5.41, 5.74) is 0.434. The molecule has 0 unspecified atom stereocenters. The van der Waals surface area contributed by atoms with E-state index < -0.39 is 21.5 Å². The number of benzene rings is 2. The summed E-state index contributed by atoms with van der Waals surface area (Å²) in [6, 6.07) is 9.85. The van der Waals surface area contributed by atoms with Crippen LogP contribution in [0.1, 0.15) is 6.42 Å². The topological polar surface area (TPSA) is 75.4 Å². The summed E-state index contributed by atoms with van der Waals surface area (Å²) in [4.78, 5) is 6.05. The number of nitrogens with one attached hydrogen (secondary N) is 1. The minimum absolute atomic E-state index is 0.00703. The molecule has 0 fully saturated rings. The van der Waals surface area contributed by atoms with Crippen molar-refractivity contribution in [2.24, 2.45) is 0 Å². The van der Waals surface area contributed by atoms with Crippen LogP contribution < -0.4 is 5.32 Å². The van der Waals surface area contributed by atoms with E-state index in [1.165, 1.54) is 36.4 Å². The van der Waals surface area contributed by atoms with E-state index in [0.717, 1.165) is 25.1 Å². The van der Waals surface area contributed by atoms with Crippen molar-refractivity contribution in [1.82, 2.24) is 9.88 Å². The highest BCUT2D eigenvalue weighted by molar-refractivity contribution is 7.91. The minimum Gasteiger partial charge on any atom is -0.419 e. The molecule has 6 nitrogen and oxygen atoms in total. The third-order valence-electron chi connectivity index (χ3n) is 4.13. The Morgan fingerprint density at radius 2 is 1.59 bits per heavy atom. The van der Waals surface area contributed by atoms with Crippen LogP contribution >= 0.6 is 0 Å². The Morgan fingerprint density at radius 1 is 1.00 bits per heavy atom. The van der Waals surface area contributed by atoms with Crippen molar-refractivity contribution in [1.29, 1.82) is 0 Å². The zero-order chi connectivity index (χ0) is 21.0. The molecule has 1 heterocycles. The van der Waals surface area contributed by atoms with E-state index >= 15 is 0 Å². The second kappa shape index (κ2) is 8.71. The number of aromatic nitrogens is 1. The summed E-state index contributed by atoms with van der Waals surface area (Å²) < 4.78 is 58.2. The van der Waals surface area contributed by atoms with Crippen LogP contribution in [-0.2, 0) is 9.84 Å². The van der Waals surface area contributed by atoms with E-state index in [4.69, 9.17) is 4.42 Å². The summed E-state index contributed by atoms with van der Waals surface area (Å²) in [6.45, 7) is 1.26. The highest BCUT2D eigenvalue weighted by Gasteiger charge is 2.28. The molecule has 0 spiro atoms. The van der Waals surface area contributed by atoms with Crippen LogP contribution in [0.2, 0.25) is 0 Å². The van der Waals surface area contributed by atoms with E-state index in [1.807, 2.05) is 19.0 Å². The number of rotatable bonds is 8. The van der Waals surface area contributed by atoms with Crippen LogP contribution in [0.5, 0.6) is 0 Å². The summed E-state index contributed by atoms with van der Waals surface area (Å²) >= 11 is 0. The van der Waals surface area contributed by atoms with Crippen molar-refractivity contribution in [3.63, 3.8) is 0 Å². The van der Waals surface area contributed by atoms with Crippen LogP contribution in [0.3, 0.4) is 0 Å². The molecule has 3 rings (SSSR count). The van der Waals surface area contributed by atoms with Crippen molar-refractivity contribution in [2.75, 3.05) is 32.5 Å². The van der Waals surface area contributed by atoms with Crippen LogP contribution in [0.25, 0.3) is 11.5 Å². The van der Waals surface area contributed by atoms with E-state index in [1.54, 1.807) is 0 Å². The van der Waals surface area contributed by atoms with Crippen molar-refractivity contribution in [3.8, 4) is 11.5 Å². The zero-order valence-electron chi connectivity index (χ0n) is 16.0. The molecule has 0 amide bonds. The molecule has 0 aliphatic carbocycles. The molecule has 0 aliphatic heterocycles. The summed E-state index contributed by atoms with van der Waals surface area (Å²) in [5.74, 6) is -0.937. The van der Waals surface area contributed by atoms with Gasteiger partial charge in [-0.15, -0.1) is 0 Å². The van der Waals surface area contributed by atoms with Gasteiger partial charge in [0, 0.05) is 12.1 Å². The Balaban J connectivity index is 1.98. The first-order chi connectivity index (χ1) is 13.8. The highest BCUT2D eigenvalue weighted by atomic mass is 32.2. The predicted molar refractivity (Wildman–Crippen MR) is 105 cm³/mol. The number of sulfone groups is 1. The van der Waals surface area contributed by atoms with Crippen molar-refractivity contribution < 1.29 is 21.6 Å². The Labute approximate surface area is 168 Å². The molecule has 0 bridgehead atoms. The molecule has 3 aromatic rings. The Kier molecular flexibility index (Phi) is 6.29. The third-order valence-corrected chi connectivity index (χ3v) is 5.81. The molecule has 154 valence electrons. The van der Waals surface area contributed by atoms with Crippen LogP contribution in [0.15, 0.2) is 62.9 Å². The van der Waals surface area contributed by atoms with Gasteiger partial charge in [-0.1, -0.05) is 0 Å². The summed E-state index contributed by atoms with van der Waals surface area (Å²) in [7, 11) is -0.182. The number of halogens is 2. The molecule has 0 saturated heterocycles. The molecule has 0 atom stereocenters. The molecule has 1 N–H and O–H groups in total. The lowest BCUT2D eigenvalue weighted by molar-refractivity contribution is 0.404. The fourth-order valence-electron chi connectivity index (χ4n) is 2.64. The average molecular weight is 421 g/mol. The van der Waals surface area contributed by atoms with Gasteiger partial charge in [-0.2, -0.15) is 4.98 Å². The van der Waals surface area contributed by atoms with Gasteiger partial charge in [-0.25, -0.2) is 17.2 Å². The predicted octanol–water partition coefficient (Wildman–Crippen LogP) is 3.82. The van der Waals surface area contributed by atoms with Gasteiger partial charge in [0.2, 0.25) is 26.6 Å². The SMILES string of the molecule is CN(C)CCCNc1oc(-c2ccc(F)cc2)nc1S(=O)(=O)c1ccc(F)cc1. The molecule has 0 radical (unpaired) electrons. The molecule has 29 heavy (non-hydrogen) atoms. The second-order valence-electron chi connectivity index (χ2n) is 6.70. The molecular weight excluding hydrogens is 400 g/mol. The minimum atomic E-state index is -4.05. The normalized spacial score (nSPS) is 11.8. The molecular formula is C20H21F2N3O3S. The monoisotopic (exact) mass is 421 g/mol. The lowest BCUT2D eigenvalue weighted by Gasteiger charge is -2.10. The third kappa shape index (κ3) is 4.99. The lowest BCUT2D eigenvalue weighted by atomic mass is 10.2. The van der Waals surface area contributed by atoms with Gasteiger partial charge >= 0.3 is 0 Å². The average Bonchev–Trinajstić information content (AvgIpc) is 3.11. The lowest BCUT2D eigenvalue weighted by Crippen LogP contribution is -2.17. The Hall–Kier alpha value is -2.78. The maximum absolute atomic E-state index is 13.2. The summed E-state index contributed by atoms with van der Waals surface area (Å²) in [6.07, 6.45) is 0.746. The van der Waals surface area contributed by atoms with Crippen LogP contribution in [0, 0.1) is 11.6 Å². The Morgan fingerprint density at radius 3 is 2.17 bits per heavy atom. The van der Waals surface area contributed by atoms with Gasteiger partial charge in [0.15, 0.2) is 0 Å². The second-order valence-corrected chi connectivity index (χ2v) is 8.57. The zero-order valence-corrected chi connectivity index (χ0v) is 16.8. The molecule has 0 aliphatic rings. The molecule has 1 aromatic heterocycles. The van der Waals surface area contributed by atoms with Gasteiger partial charge < -0.3 is 14.6 Å². The Bertz CT molecular complexity index is 1060. The standard InChI is InChI=1S/C20H21F2N3O3S/c1-25(2)13-3-12-23-19-20(29(26,27)17-10-8-16(22)9-11-17)24-18(28-19)14-4-6-15(21)7-5-14/h4-11,23H,3,12-13H2,1-2H3. The number of anilines is 1. The fraction of sp³-hybridized carbons (Fsp3) is 0.250. The van der Waals surface area contributed by atoms with E-state index in [9.17, 15) is 17.2 Å². The number of oxazole rings is 1. The highest BCUT2D eigenvalue weighted by Crippen LogP contribution is 2.32. The van der Waals surface area contributed by atoms with Crippen LogP contribution in [-0.4, -0.2) is 45.5 Å². The largest absolute Gasteiger partial charge is 0.419 e. The first-order valence-electron chi connectivity index (χ1n) is 8.93. The maximum atomic E-state index is 13.2. The fourth-order valence-corrected chi connectivity index (χ4v) is 3.92. The van der Waals surface area contributed by atoms with Gasteiger partial charge in [-0.3, -0.25) is 0 Å². The molecule has 9 heteroatoms. The van der Waals surface area contributed by atoms with Crippen molar-refractivity contribution >= 4 is 15.7 Å². The number of nitrogens with zero attached hydrogens (tertiary/aromatic N) is 2. The van der Waals surface area contributed by atoms with Gasteiger partial charge in [0.1, 0.15) is 11.6 Å². The number of hydrogen-bond donors (Lipinski definition) is 1. The smallest absolute Gasteiger partial charge is 0.233 e. The van der Waals surface area contributed by atoms with Crippen molar-refractivity contribution in [2.45, 2.75) is 16.3 Å². The molecule has 0 saturated carbocycles. The van der Waals surface area contributed by atoms with E-state index in [-0.39, 0.29) is 21.7 Å². The van der Waals surface area contributed by atoms with Gasteiger partial charge in [0.25, 0.3) is 0 Å². The van der Waals surface area contributed by atoms with Crippen molar-refractivity contribution in [3.05, 3.63) is 60.2 Å². The first kappa shape index (κ1) is 20.9. The maximum Gasteiger partial charge on any atom is 0.233 e. The van der Waals surface area contributed by atoms with Gasteiger partial charge in [-0.05, 0) is 75.6 Å². The number of hydrogen-bond acceptors (Lipinski definition) is 6. The van der Waals surface area contributed by atoms with Gasteiger partial charge in [0.05, 0.1) is 4.90 Å². The van der Waals surface area contributed by atoms with Crippen LogP contribution in [0.4, 0.5) is 14.7 Å². The summed E-state index contributed by atoms with van der Waals surface area (Å²) in [5, 5.41) is 2.68. The quantitative estimate of drug-likeness (QED) is 0.440. The first-order valence-corrected chi connectivity index (χ1v) is 10.4. The van der Waals surface area contributed by atoms with E-state index in [0.29, 0.717) is 12.1 Å². The van der Waals surface area contributed by atoms with E-state index in [2.05, 4.69) is 10.3 Å².